The van der Waals surface area contributed by atoms with E-state index in [-0.39, 0.29) is 29.6 Å². The molecule has 164 valence electrons. The molecule has 0 saturated carbocycles. The number of anilines is 1. The van der Waals surface area contributed by atoms with Crippen molar-refractivity contribution in [3.05, 3.63) is 94.3 Å². The van der Waals surface area contributed by atoms with Gasteiger partial charge < -0.3 is 10.1 Å². The maximum atomic E-state index is 13.2. The fourth-order valence-corrected chi connectivity index (χ4v) is 4.53. The third kappa shape index (κ3) is 4.38. The van der Waals surface area contributed by atoms with Crippen LogP contribution in [-0.4, -0.2) is 33.6 Å². The van der Waals surface area contributed by atoms with Crippen LogP contribution in [0, 0.1) is 0 Å². The van der Waals surface area contributed by atoms with Crippen LogP contribution in [0.3, 0.4) is 0 Å². The van der Waals surface area contributed by atoms with Crippen molar-refractivity contribution in [2.24, 2.45) is 0 Å². The molecule has 8 heteroatoms. The largest absolute Gasteiger partial charge is 0.482 e. The second-order valence-corrected chi connectivity index (χ2v) is 8.49. The highest BCUT2D eigenvalue weighted by Gasteiger charge is 2.19. The summed E-state index contributed by atoms with van der Waals surface area (Å²) in [7, 11) is 0. The molecule has 0 saturated heterocycles. The summed E-state index contributed by atoms with van der Waals surface area (Å²) >= 11 is 1.22. The van der Waals surface area contributed by atoms with E-state index in [1.807, 2.05) is 42.5 Å². The van der Waals surface area contributed by atoms with Gasteiger partial charge in [0.2, 0.25) is 0 Å². The van der Waals surface area contributed by atoms with E-state index in [1.54, 1.807) is 34.9 Å². The van der Waals surface area contributed by atoms with E-state index in [4.69, 9.17) is 4.74 Å². The first-order valence-electron chi connectivity index (χ1n) is 10.3. The number of hydrogen-bond donors (Lipinski definition) is 1. The fourth-order valence-electron chi connectivity index (χ4n) is 3.63. The summed E-state index contributed by atoms with van der Waals surface area (Å²) in [5, 5.41) is 3.73. The Morgan fingerprint density at radius 3 is 2.67 bits per heavy atom. The molecule has 0 bridgehead atoms. The maximum absolute atomic E-state index is 13.2. The van der Waals surface area contributed by atoms with Crippen molar-refractivity contribution in [2.75, 3.05) is 17.7 Å². The molecule has 7 nitrogen and oxygen atoms in total. The van der Waals surface area contributed by atoms with E-state index >= 15 is 0 Å². The molecule has 1 N–H and O–H groups in total. The highest BCUT2D eigenvalue weighted by molar-refractivity contribution is 7.99. The van der Waals surface area contributed by atoms with Gasteiger partial charge in [0.05, 0.1) is 28.9 Å². The molecule has 1 aliphatic rings. The highest BCUT2D eigenvalue weighted by atomic mass is 32.2. The van der Waals surface area contributed by atoms with Crippen molar-refractivity contribution in [1.82, 2.24) is 9.55 Å². The summed E-state index contributed by atoms with van der Waals surface area (Å²) in [4.78, 5) is 42.4. The molecular formula is C25H19N3O4S. The first kappa shape index (κ1) is 21.0. The number of rotatable bonds is 6. The van der Waals surface area contributed by atoms with E-state index in [0.717, 1.165) is 5.56 Å². The van der Waals surface area contributed by atoms with E-state index in [1.165, 1.54) is 11.8 Å². The number of amides is 1. The zero-order valence-corrected chi connectivity index (χ0v) is 18.3. The lowest BCUT2D eigenvalue weighted by atomic mass is 10.1. The van der Waals surface area contributed by atoms with Gasteiger partial charge in [-0.3, -0.25) is 19.0 Å². The molecular weight excluding hydrogens is 438 g/mol. The normalized spacial score (nSPS) is 12.7. The smallest absolute Gasteiger partial charge is 0.262 e. The molecule has 0 radical (unpaired) electrons. The van der Waals surface area contributed by atoms with Crippen LogP contribution in [0.15, 0.2) is 82.7 Å². The number of hydrogen-bond acceptors (Lipinski definition) is 6. The topological polar surface area (TPSA) is 90.3 Å². The first-order chi connectivity index (χ1) is 16.1. The Labute approximate surface area is 193 Å². The van der Waals surface area contributed by atoms with Gasteiger partial charge in [0.25, 0.3) is 11.5 Å². The number of thioether (sulfide) groups is 1. The molecule has 0 fully saturated rings. The number of carbonyl (C=O) groups is 2. The number of nitrogens with zero attached hydrogens (tertiary/aromatic N) is 2. The van der Waals surface area contributed by atoms with Crippen LogP contribution in [0.25, 0.3) is 10.9 Å². The Morgan fingerprint density at radius 2 is 1.82 bits per heavy atom. The summed E-state index contributed by atoms with van der Waals surface area (Å²) in [6.07, 6.45) is 0. The van der Waals surface area contributed by atoms with Crippen molar-refractivity contribution >= 4 is 40.0 Å². The van der Waals surface area contributed by atoms with Gasteiger partial charge in [0.1, 0.15) is 5.75 Å². The summed E-state index contributed by atoms with van der Waals surface area (Å²) in [5.74, 6) is 0.224. The van der Waals surface area contributed by atoms with E-state index < -0.39 is 0 Å². The Hall–Kier alpha value is -3.91. The van der Waals surface area contributed by atoms with Gasteiger partial charge in [0, 0.05) is 5.56 Å². The van der Waals surface area contributed by atoms with E-state index in [0.29, 0.717) is 39.6 Å². The number of fused-ring (bicyclic) bond motifs is 2. The number of ether oxygens (including phenoxy) is 1. The number of nitrogens with one attached hydrogen (secondary N) is 1. The standard InChI is InChI=1S/C25H19N3O4S/c29-21(17-10-11-22-20(12-17)26-23(30)14-32-22)15-33-25-27-19-9-5-4-8-18(19)24(31)28(25)13-16-6-2-1-3-7-16/h1-12H,13-15H2,(H,26,30). The molecule has 1 aliphatic heterocycles. The van der Waals surface area contributed by atoms with E-state index in [2.05, 4.69) is 10.3 Å². The minimum absolute atomic E-state index is 0.0390. The van der Waals surface area contributed by atoms with Gasteiger partial charge in [-0.25, -0.2) is 4.98 Å². The van der Waals surface area contributed by atoms with Crippen LogP contribution in [0.4, 0.5) is 5.69 Å². The molecule has 2 heterocycles. The van der Waals surface area contributed by atoms with Gasteiger partial charge >= 0.3 is 0 Å². The van der Waals surface area contributed by atoms with E-state index in [9.17, 15) is 14.4 Å². The molecule has 0 unspecified atom stereocenters. The van der Waals surface area contributed by atoms with Gasteiger partial charge in [0.15, 0.2) is 17.5 Å². The summed E-state index contributed by atoms with van der Waals surface area (Å²) in [6, 6.07) is 21.8. The summed E-state index contributed by atoms with van der Waals surface area (Å²) in [5.41, 5.74) is 2.34. The molecule has 5 rings (SSSR count). The average molecular weight is 458 g/mol. The molecule has 0 spiro atoms. The van der Waals surface area contributed by atoms with Crippen molar-refractivity contribution in [1.29, 1.82) is 0 Å². The third-order valence-electron chi connectivity index (χ3n) is 5.28. The number of Topliss-reactive ketones (excluding diaryl/α,β-unsaturated/α-hetero) is 1. The number of benzene rings is 3. The number of para-hydroxylation sites is 1. The SMILES string of the molecule is O=C1COc2ccc(C(=O)CSc3nc4ccccc4c(=O)n3Cc3ccccc3)cc2N1. The lowest BCUT2D eigenvalue weighted by molar-refractivity contribution is -0.118. The first-order valence-corrected chi connectivity index (χ1v) is 11.3. The van der Waals surface area contributed by atoms with Crippen LogP contribution >= 0.6 is 11.8 Å². The number of carbonyl (C=O) groups excluding carboxylic acids is 2. The van der Waals surface area contributed by atoms with Crippen LogP contribution in [0.2, 0.25) is 0 Å². The number of aromatic nitrogens is 2. The van der Waals surface area contributed by atoms with Gasteiger partial charge in [-0.1, -0.05) is 54.2 Å². The Morgan fingerprint density at radius 1 is 1.03 bits per heavy atom. The molecule has 1 aromatic heterocycles. The Bertz CT molecular complexity index is 1430. The van der Waals surface area contributed by atoms with Crippen LogP contribution < -0.4 is 15.6 Å². The van der Waals surface area contributed by atoms with Gasteiger partial charge in [-0.15, -0.1) is 0 Å². The van der Waals surface area contributed by atoms with Crippen molar-refractivity contribution < 1.29 is 14.3 Å². The lowest BCUT2D eigenvalue weighted by Crippen LogP contribution is -2.25. The highest BCUT2D eigenvalue weighted by Crippen LogP contribution is 2.29. The van der Waals surface area contributed by atoms with Gasteiger partial charge in [-0.2, -0.15) is 0 Å². The molecule has 1 amide bonds. The monoisotopic (exact) mass is 457 g/mol. The zero-order valence-electron chi connectivity index (χ0n) is 17.5. The molecule has 3 aromatic carbocycles. The summed E-state index contributed by atoms with van der Waals surface area (Å²) in [6.45, 7) is 0.318. The Kier molecular flexibility index (Phi) is 5.66. The second kappa shape index (κ2) is 8.91. The third-order valence-corrected chi connectivity index (χ3v) is 6.25. The quantitative estimate of drug-likeness (QED) is 0.269. The molecule has 4 aromatic rings. The van der Waals surface area contributed by atoms with Crippen molar-refractivity contribution in [3.63, 3.8) is 0 Å². The molecule has 33 heavy (non-hydrogen) atoms. The second-order valence-electron chi connectivity index (χ2n) is 7.55. The summed E-state index contributed by atoms with van der Waals surface area (Å²) < 4.78 is 6.96. The molecule has 0 atom stereocenters. The maximum Gasteiger partial charge on any atom is 0.262 e. The molecule has 0 aliphatic carbocycles. The predicted molar refractivity (Wildman–Crippen MR) is 127 cm³/mol. The van der Waals surface area contributed by atoms with Crippen LogP contribution in [-0.2, 0) is 11.3 Å². The van der Waals surface area contributed by atoms with Gasteiger partial charge in [-0.05, 0) is 35.9 Å². The predicted octanol–water partition coefficient (Wildman–Crippen LogP) is 3.75. The number of ketones is 1. The van der Waals surface area contributed by atoms with Crippen molar-refractivity contribution in [3.8, 4) is 5.75 Å². The minimum atomic E-state index is -0.258. The van der Waals surface area contributed by atoms with Crippen LogP contribution in [0.5, 0.6) is 5.75 Å². The average Bonchev–Trinajstić information content (AvgIpc) is 2.84. The van der Waals surface area contributed by atoms with Crippen molar-refractivity contribution in [2.45, 2.75) is 11.7 Å². The van der Waals surface area contributed by atoms with Crippen LogP contribution in [0.1, 0.15) is 15.9 Å². The minimum Gasteiger partial charge on any atom is -0.482 e. The lowest BCUT2D eigenvalue weighted by Gasteiger charge is -2.18. The zero-order chi connectivity index (χ0) is 22.8. The Balaban J connectivity index is 1.44. The fraction of sp³-hybridized carbons (Fsp3) is 0.120.